The Bertz CT molecular complexity index is 2050. The van der Waals surface area contributed by atoms with E-state index in [4.69, 9.17) is 19.9 Å². The number of pyridine rings is 2. The van der Waals surface area contributed by atoms with E-state index in [-0.39, 0.29) is 0 Å². The van der Waals surface area contributed by atoms with Gasteiger partial charge in [-0.2, -0.15) is 0 Å². The molecule has 0 N–H and O–H groups in total. The topological polar surface area (TPSA) is 90.2 Å². The molecule has 4 heterocycles. The van der Waals surface area contributed by atoms with E-state index in [0.717, 1.165) is 57.0 Å². The van der Waals surface area contributed by atoms with Crippen LogP contribution in [0.25, 0.3) is 68.1 Å². The first kappa shape index (κ1) is 24.8. The molecule has 202 valence electrons. The highest BCUT2D eigenvalue weighted by Gasteiger charge is 2.24. The van der Waals surface area contributed by atoms with Crippen molar-refractivity contribution in [3.63, 3.8) is 0 Å². The van der Waals surface area contributed by atoms with Crippen LogP contribution in [0.4, 0.5) is 0 Å². The maximum Gasteiger partial charge on any atom is 0.164 e. The number of hydrogen-bond acceptors (Lipinski definition) is 7. The second-order valence-electron chi connectivity index (χ2n) is 10.3. The first-order chi connectivity index (χ1) is 21.3. The van der Waals surface area contributed by atoms with Crippen molar-refractivity contribution in [2.45, 2.75) is 6.42 Å². The van der Waals surface area contributed by atoms with Crippen molar-refractivity contribution in [2.75, 3.05) is 0 Å². The molecule has 0 atom stereocenters. The summed E-state index contributed by atoms with van der Waals surface area (Å²) in [5, 5.41) is 0. The molecule has 0 aliphatic heterocycles. The fourth-order valence-electron chi connectivity index (χ4n) is 5.52. The van der Waals surface area contributed by atoms with Crippen LogP contribution in [0.2, 0.25) is 0 Å². The average molecular weight is 554 g/mol. The highest BCUT2D eigenvalue weighted by atomic mass is 15.0. The molecule has 7 nitrogen and oxygen atoms in total. The minimum Gasteiger partial charge on any atom is -0.255 e. The van der Waals surface area contributed by atoms with Gasteiger partial charge in [0.05, 0.1) is 22.8 Å². The Hall–Kier alpha value is -5.95. The Labute approximate surface area is 248 Å². The van der Waals surface area contributed by atoms with Gasteiger partial charge < -0.3 is 0 Å². The normalized spacial score (nSPS) is 11.6. The lowest BCUT2D eigenvalue weighted by atomic mass is 10.0. The fourth-order valence-corrected chi connectivity index (χ4v) is 5.52. The molecule has 8 rings (SSSR count). The van der Waals surface area contributed by atoms with Crippen molar-refractivity contribution in [1.29, 1.82) is 0 Å². The minimum atomic E-state index is 0.568. The summed E-state index contributed by atoms with van der Waals surface area (Å²) in [6.45, 7) is 0. The van der Waals surface area contributed by atoms with E-state index >= 15 is 0 Å². The molecule has 7 aromatic rings. The highest BCUT2D eigenvalue weighted by Crippen LogP contribution is 2.39. The summed E-state index contributed by atoms with van der Waals surface area (Å²) in [5.41, 5.74) is 10.6. The molecule has 3 aromatic carbocycles. The summed E-state index contributed by atoms with van der Waals surface area (Å²) in [6.07, 6.45) is 6.02. The third-order valence-corrected chi connectivity index (χ3v) is 7.60. The predicted molar refractivity (Wildman–Crippen MR) is 166 cm³/mol. The number of rotatable bonds is 5. The van der Waals surface area contributed by atoms with Crippen LogP contribution in [0, 0.1) is 0 Å². The molecule has 0 bridgehead atoms. The standard InChI is InChI=1S/C36H23N7/c1-3-9-23(10-4-1)34-41-35(24-11-5-2-6-12-24)43-36(42-34)27-16-18-38-31(21-27)30-20-26(15-17-37-30)32-29-19-25-13-7-8-14-28(25)33(29)40-22-39-32/h1-18,20-22H,19H2. The number of benzene rings is 3. The van der Waals surface area contributed by atoms with Gasteiger partial charge in [0, 0.05) is 52.2 Å². The van der Waals surface area contributed by atoms with Gasteiger partial charge in [-0.15, -0.1) is 0 Å². The van der Waals surface area contributed by atoms with E-state index < -0.39 is 0 Å². The Morgan fingerprint density at radius 3 is 1.65 bits per heavy atom. The van der Waals surface area contributed by atoms with Gasteiger partial charge in [0.2, 0.25) is 0 Å². The lowest BCUT2D eigenvalue weighted by Crippen LogP contribution is -2.00. The second-order valence-corrected chi connectivity index (χ2v) is 10.3. The van der Waals surface area contributed by atoms with Gasteiger partial charge in [-0.05, 0) is 29.8 Å². The molecule has 0 amide bonds. The van der Waals surface area contributed by atoms with Crippen LogP contribution >= 0.6 is 0 Å². The van der Waals surface area contributed by atoms with Gasteiger partial charge in [-0.3, -0.25) is 9.97 Å². The molecule has 0 radical (unpaired) electrons. The first-order valence-corrected chi connectivity index (χ1v) is 14.0. The van der Waals surface area contributed by atoms with Crippen molar-refractivity contribution in [2.24, 2.45) is 0 Å². The van der Waals surface area contributed by atoms with Crippen LogP contribution in [-0.2, 0) is 6.42 Å². The Morgan fingerprint density at radius 1 is 0.442 bits per heavy atom. The van der Waals surface area contributed by atoms with Crippen molar-refractivity contribution >= 4 is 0 Å². The summed E-state index contributed by atoms with van der Waals surface area (Å²) >= 11 is 0. The summed E-state index contributed by atoms with van der Waals surface area (Å²) in [6, 6.07) is 36.2. The second kappa shape index (κ2) is 10.5. The third kappa shape index (κ3) is 4.63. The Kier molecular flexibility index (Phi) is 6.04. The summed E-state index contributed by atoms with van der Waals surface area (Å²) < 4.78 is 0. The molecule has 43 heavy (non-hydrogen) atoms. The minimum absolute atomic E-state index is 0.568. The smallest absolute Gasteiger partial charge is 0.164 e. The van der Waals surface area contributed by atoms with Crippen LogP contribution in [0.15, 0.2) is 128 Å². The molecule has 7 heteroatoms. The zero-order valence-electron chi connectivity index (χ0n) is 23.0. The Morgan fingerprint density at radius 2 is 0.977 bits per heavy atom. The largest absolute Gasteiger partial charge is 0.255 e. The zero-order chi connectivity index (χ0) is 28.6. The number of aromatic nitrogens is 7. The summed E-state index contributed by atoms with van der Waals surface area (Å²) in [4.78, 5) is 33.2. The molecule has 0 unspecified atom stereocenters. The maximum absolute atomic E-state index is 4.87. The predicted octanol–water partition coefficient (Wildman–Crippen LogP) is 7.36. The summed E-state index contributed by atoms with van der Waals surface area (Å²) in [5.74, 6) is 1.79. The quantitative estimate of drug-likeness (QED) is 0.220. The van der Waals surface area contributed by atoms with E-state index in [9.17, 15) is 0 Å². The highest BCUT2D eigenvalue weighted by molar-refractivity contribution is 5.81. The molecule has 4 aromatic heterocycles. The van der Waals surface area contributed by atoms with Gasteiger partial charge in [0.1, 0.15) is 6.33 Å². The average Bonchev–Trinajstić information content (AvgIpc) is 3.48. The zero-order valence-corrected chi connectivity index (χ0v) is 23.0. The van der Waals surface area contributed by atoms with Gasteiger partial charge in [0.15, 0.2) is 17.5 Å². The fraction of sp³-hybridized carbons (Fsp3) is 0.0278. The van der Waals surface area contributed by atoms with Gasteiger partial charge in [0.25, 0.3) is 0 Å². The lowest BCUT2D eigenvalue weighted by Gasteiger charge is -2.10. The van der Waals surface area contributed by atoms with Crippen LogP contribution in [0.1, 0.15) is 11.1 Å². The maximum atomic E-state index is 4.87. The van der Waals surface area contributed by atoms with Gasteiger partial charge >= 0.3 is 0 Å². The molecular weight excluding hydrogens is 530 g/mol. The van der Waals surface area contributed by atoms with E-state index in [1.807, 2.05) is 84.9 Å². The number of fused-ring (bicyclic) bond motifs is 3. The van der Waals surface area contributed by atoms with Crippen molar-refractivity contribution in [3.05, 3.63) is 139 Å². The van der Waals surface area contributed by atoms with Crippen molar-refractivity contribution < 1.29 is 0 Å². The van der Waals surface area contributed by atoms with Crippen LogP contribution < -0.4 is 0 Å². The lowest BCUT2D eigenvalue weighted by molar-refractivity contribution is 1.07. The molecule has 0 saturated heterocycles. The van der Waals surface area contributed by atoms with Crippen molar-refractivity contribution in [3.8, 4) is 68.1 Å². The van der Waals surface area contributed by atoms with Gasteiger partial charge in [-0.1, -0.05) is 84.9 Å². The van der Waals surface area contributed by atoms with Crippen LogP contribution in [0.3, 0.4) is 0 Å². The van der Waals surface area contributed by atoms with E-state index in [1.54, 1.807) is 18.7 Å². The van der Waals surface area contributed by atoms with Crippen molar-refractivity contribution in [1.82, 2.24) is 34.9 Å². The summed E-state index contributed by atoms with van der Waals surface area (Å²) in [7, 11) is 0. The number of hydrogen-bond donors (Lipinski definition) is 0. The van der Waals surface area contributed by atoms with Crippen LogP contribution in [0.5, 0.6) is 0 Å². The van der Waals surface area contributed by atoms with E-state index in [0.29, 0.717) is 17.5 Å². The van der Waals surface area contributed by atoms with E-state index in [1.165, 1.54) is 11.1 Å². The third-order valence-electron chi connectivity index (χ3n) is 7.60. The molecule has 0 saturated carbocycles. The molecule has 0 spiro atoms. The number of nitrogens with zero attached hydrogens (tertiary/aromatic N) is 7. The molecule has 1 aliphatic carbocycles. The Balaban J connectivity index is 1.20. The molecule has 1 aliphatic rings. The van der Waals surface area contributed by atoms with E-state index in [2.05, 4.69) is 39.2 Å². The monoisotopic (exact) mass is 553 g/mol. The first-order valence-electron chi connectivity index (χ1n) is 14.0. The van der Waals surface area contributed by atoms with Gasteiger partial charge in [-0.25, -0.2) is 24.9 Å². The van der Waals surface area contributed by atoms with Crippen LogP contribution in [-0.4, -0.2) is 34.9 Å². The SMILES string of the molecule is c1ccc(-c2nc(-c3ccccc3)nc(-c3ccnc(-c4cc(-c5ncnc6c5Cc5ccccc5-6)ccn4)c3)n2)cc1. The molecule has 0 fully saturated rings. The molecular formula is C36H23N7.